The molecule has 2 N–H and O–H groups in total. The number of ether oxygens (including phenoxy) is 2. The van der Waals surface area contributed by atoms with Gasteiger partial charge in [0.2, 0.25) is 0 Å². The molecule has 0 aliphatic carbocycles. The molecule has 0 radical (unpaired) electrons. The summed E-state index contributed by atoms with van der Waals surface area (Å²) in [7, 11) is 1.65. The highest BCUT2D eigenvalue weighted by molar-refractivity contribution is 9.10. The summed E-state index contributed by atoms with van der Waals surface area (Å²) >= 11 is 5.18. The predicted molar refractivity (Wildman–Crippen MR) is 91.3 cm³/mol. The Morgan fingerprint density at radius 3 is 2.71 bits per heavy atom. The van der Waals surface area contributed by atoms with Crippen LogP contribution >= 0.6 is 27.3 Å². The molecule has 0 aliphatic rings. The van der Waals surface area contributed by atoms with E-state index in [0.717, 1.165) is 33.7 Å². The van der Waals surface area contributed by atoms with E-state index in [9.17, 15) is 0 Å². The van der Waals surface area contributed by atoms with Crippen LogP contribution < -0.4 is 15.2 Å². The van der Waals surface area contributed by atoms with Gasteiger partial charge >= 0.3 is 0 Å². The van der Waals surface area contributed by atoms with Gasteiger partial charge in [-0.25, -0.2) is 0 Å². The largest absolute Gasteiger partial charge is 0.493 e. The van der Waals surface area contributed by atoms with E-state index >= 15 is 0 Å². The maximum Gasteiger partial charge on any atom is 0.161 e. The monoisotopic (exact) mass is 369 g/mol. The number of rotatable bonds is 7. The molecule has 2 aromatic rings. The van der Waals surface area contributed by atoms with E-state index in [-0.39, 0.29) is 6.04 Å². The van der Waals surface area contributed by atoms with Gasteiger partial charge in [-0.2, -0.15) is 0 Å². The summed E-state index contributed by atoms with van der Waals surface area (Å²) in [5.74, 6) is 1.51. The minimum atomic E-state index is 0.178. The standard InChI is InChI=1S/C16H20BrNO2S/c1-3-12(18)8-11-4-5-14(19-2)15(9-11)20-10-16-13(17)6-7-21-16/h4-7,9,12H,3,8,10,18H2,1-2H3. The Bertz CT molecular complexity index is 585. The number of methoxy groups -OCH3 is 1. The van der Waals surface area contributed by atoms with Crippen molar-refractivity contribution in [2.24, 2.45) is 5.73 Å². The van der Waals surface area contributed by atoms with E-state index in [0.29, 0.717) is 6.61 Å². The van der Waals surface area contributed by atoms with E-state index in [1.807, 2.05) is 29.6 Å². The van der Waals surface area contributed by atoms with E-state index in [1.165, 1.54) is 5.56 Å². The van der Waals surface area contributed by atoms with Crippen LogP contribution in [0, 0.1) is 0 Å². The Labute approximate surface area is 138 Å². The molecule has 1 heterocycles. The van der Waals surface area contributed by atoms with Gasteiger partial charge in [0.1, 0.15) is 6.61 Å². The van der Waals surface area contributed by atoms with Crippen LogP contribution in [0.25, 0.3) is 0 Å². The van der Waals surface area contributed by atoms with Crippen molar-refractivity contribution in [1.82, 2.24) is 0 Å². The van der Waals surface area contributed by atoms with Crippen LogP contribution in [0.5, 0.6) is 11.5 Å². The van der Waals surface area contributed by atoms with Gasteiger partial charge in [-0.15, -0.1) is 11.3 Å². The zero-order chi connectivity index (χ0) is 15.2. The first-order valence-corrected chi connectivity index (χ1v) is 8.58. The Hall–Kier alpha value is -1.04. The second kappa shape index (κ2) is 7.82. The summed E-state index contributed by atoms with van der Waals surface area (Å²) in [6.45, 7) is 2.62. The Balaban J connectivity index is 2.12. The first-order valence-electron chi connectivity index (χ1n) is 6.91. The number of halogens is 1. The van der Waals surface area contributed by atoms with E-state index in [1.54, 1.807) is 18.4 Å². The van der Waals surface area contributed by atoms with Crippen molar-refractivity contribution >= 4 is 27.3 Å². The normalized spacial score (nSPS) is 12.2. The molecule has 0 aliphatic heterocycles. The van der Waals surface area contributed by atoms with Crippen LogP contribution in [0.3, 0.4) is 0 Å². The van der Waals surface area contributed by atoms with Crippen LogP contribution in [0.4, 0.5) is 0 Å². The van der Waals surface area contributed by atoms with Gasteiger partial charge in [0.05, 0.1) is 12.0 Å². The Morgan fingerprint density at radius 2 is 2.10 bits per heavy atom. The molecule has 0 saturated carbocycles. The third-order valence-corrected chi connectivity index (χ3v) is 5.20. The van der Waals surface area contributed by atoms with Crippen LogP contribution in [-0.2, 0) is 13.0 Å². The first kappa shape index (κ1) is 16.3. The van der Waals surface area contributed by atoms with Gasteiger partial charge in [-0.3, -0.25) is 0 Å². The van der Waals surface area contributed by atoms with Gasteiger partial charge in [0.15, 0.2) is 11.5 Å². The molecule has 1 atom stereocenters. The van der Waals surface area contributed by atoms with Crippen LogP contribution in [0.15, 0.2) is 34.1 Å². The zero-order valence-corrected chi connectivity index (χ0v) is 14.7. The third-order valence-electron chi connectivity index (χ3n) is 3.30. The topological polar surface area (TPSA) is 44.5 Å². The molecule has 1 aromatic heterocycles. The molecule has 1 aromatic carbocycles. The molecular formula is C16H20BrNO2S. The van der Waals surface area contributed by atoms with Crippen LogP contribution in [-0.4, -0.2) is 13.2 Å². The highest BCUT2D eigenvalue weighted by atomic mass is 79.9. The molecule has 0 spiro atoms. The average Bonchev–Trinajstić information content (AvgIpc) is 2.90. The van der Waals surface area contributed by atoms with E-state index in [2.05, 4.69) is 22.9 Å². The fourth-order valence-electron chi connectivity index (χ4n) is 1.98. The van der Waals surface area contributed by atoms with Crippen molar-refractivity contribution in [3.8, 4) is 11.5 Å². The van der Waals surface area contributed by atoms with Crippen molar-refractivity contribution in [3.63, 3.8) is 0 Å². The molecule has 21 heavy (non-hydrogen) atoms. The molecule has 0 amide bonds. The van der Waals surface area contributed by atoms with Gasteiger partial charge < -0.3 is 15.2 Å². The lowest BCUT2D eigenvalue weighted by Crippen LogP contribution is -2.21. The SMILES string of the molecule is CCC(N)Cc1ccc(OC)c(OCc2sccc2Br)c1. The molecule has 0 bridgehead atoms. The molecule has 0 saturated heterocycles. The van der Waals surface area contributed by atoms with Crippen molar-refractivity contribution in [2.75, 3.05) is 7.11 Å². The average molecular weight is 370 g/mol. The quantitative estimate of drug-likeness (QED) is 0.787. The summed E-state index contributed by atoms with van der Waals surface area (Å²) < 4.78 is 12.4. The number of nitrogens with two attached hydrogens (primary N) is 1. The summed E-state index contributed by atoms with van der Waals surface area (Å²) in [5, 5.41) is 2.04. The van der Waals surface area contributed by atoms with E-state index < -0.39 is 0 Å². The predicted octanol–water partition coefficient (Wildman–Crippen LogP) is 4.38. The van der Waals surface area contributed by atoms with Crippen molar-refractivity contribution < 1.29 is 9.47 Å². The molecule has 5 heteroatoms. The molecule has 3 nitrogen and oxygen atoms in total. The van der Waals surface area contributed by atoms with Crippen LogP contribution in [0.2, 0.25) is 0 Å². The zero-order valence-electron chi connectivity index (χ0n) is 12.3. The highest BCUT2D eigenvalue weighted by Gasteiger charge is 2.10. The van der Waals surface area contributed by atoms with Gasteiger partial charge in [-0.1, -0.05) is 13.0 Å². The molecule has 0 fully saturated rings. The smallest absolute Gasteiger partial charge is 0.161 e. The summed E-state index contributed by atoms with van der Waals surface area (Å²) in [6, 6.07) is 8.21. The van der Waals surface area contributed by atoms with Crippen LogP contribution in [0.1, 0.15) is 23.8 Å². The lowest BCUT2D eigenvalue weighted by atomic mass is 10.0. The lowest BCUT2D eigenvalue weighted by Gasteiger charge is -2.14. The summed E-state index contributed by atoms with van der Waals surface area (Å²) in [5.41, 5.74) is 7.19. The summed E-state index contributed by atoms with van der Waals surface area (Å²) in [4.78, 5) is 1.16. The number of thiophene rings is 1. The number of benzene rings is 1. The lowest BCUT2D eigenvalue weighted by molar-refractivity contribution is 0.286. The molecule has 1 unspecified atom stereocenters. The second-order valence-corrected chi connectivity index (χ2v) is 6.69. The summed E-state index contributed by atoms with van der Waals surface area (Å²) in [6.07, 6.45) is 1.81. The number of hydrogen-bond acceptors (Lipinski definition) is 4. The van der Waals surface area contributed by atoms with Gasteiger partial charge in [0, 0.05) is 10.5 Å². The van der Waals surface area contributed by atoms with Crippen molar-refractivity contribution in [1.29, 1.82) is 0 Å². The minimum absolute atomic E-state index is 0.178. The van der Waals surface area contributed by atoms with Gasteiger partial charge in [0.25, 0.3) is 0 Å². The molecule has 2 rings (SSSR count). The third kappa shape index (κ3) is 4.46. The Kier molecular flexibility index (Phi) is 6.08. The minimum Gasteiger partial charge on any atom is -0.493 e. The van der Waals surface area contributed by atoms with Crippen molar-refractivity contribution in [2.45, 2.75) is 32.4 Å². The highest BCUT2D eigenvalue weighted by Crippen LogP contribution is 2.31. The maximum atomic E-state index is 6.02. The first-order chi connectivity index (χ1) is 10.1. The van der Waals surface area contributed by atoms with Gasteiger partial charge in [-0.05, 0) is 57.9 Å². The molecule has 114 valence electrons. The Morgan fingerprint density at radius 1 is 1.29 bits per heavy atom. The second-order valence-electron chi connectivity index (χ2n) is 4.84. The maximum absolute atomic E-state index is 6.02. The fourth-order valence-corrected chi connectivity index (χ4v) is 3.36. The van der Waals surface area contributed by atoms with E-state index in [4.69, 9.17) is 15.2 Å². The molecular weight excluding hydrogens is 350 g/mol. The number of hydrogen-bond donors (Lipinski definition) is 1. The fraction of sp³-hybridized carbons (Fsp3) is 0.375. The van der Waals surface area contributed by atoms with Crippen molar-refractivity contribution in [3.05, 3.63) is 44.6 Å².